The van der Waals surface area contributed by atoms with Crippen molar-refractivity contribution < 1.29 is 37.8 Å². The van der Waals surface area contributed by atoms with Crippen molar-refractivity contribution in [1.29, 1.82) is 0 Å². The van der Waals surface area contributed by atoms with Crippen LogP contribution in [-0.4, -0.2) is 97.9 Å². The maximum Gasteiger partial charge on any atom is 0.264 e. The number of hydrogen-bond donors (Lipinski definition) is 4. The Labute approximate surface area is 240 Å². The number of nitrogens with zero attached hydrogens (tertiary/aromatic N) is 2. The van der Waals surface area contributed by atoms with E-state index < -0.39 is 41.4 Å². The number of nitrogen functional groups attached to an aromatic ring is 1. The second-order valence-electron chi connectivity index (χ2n) is 10.2. The molecule has 3 aliphatic rings. The molecule has 5 rings (SSSR count). The van der Waals surface area contributed by atoms with Crippen molar-refractivity contribution in [2.45, 2.75) is 24.9 Å². The van der Waals surface area contributed by atoms with Gasteiger partial charge in [-0.05, 0) is 24.6 Å². The first-order chi connectivity index (χ1) is 20.2. The van der Waals surface area contributed by atoms with Crippen LogP contribution >= 0.6 is 0 Å². The molecule has 1 unspecified atom stereocenters. The molecular formula is C28H31FN6O7. The number of methoxy groups -OCH3 is 1. The van der Waals surface area contributed by atoms with Gasteiger partial charge in [-0.2, -0.15) is 0 Å². The summed E-state index contributed by atoms with van der Waals surface area (Å²) >= 11 is 0. The van der Waals surface area contributed by atoms with Crippen molar-refractivity contribution in [3.63, 3.8) is 0 Å². The maximum absolute atomic E-state index is 14.3. The molecule has 13 nitrogen and oxygen atoms in total. The standard InChI is InChI=1S/C28H31FN6O7/c1-41-16-11-18(24(29)19(30)12-16)25(37)32-15-13-34(14-15)8-10-42-9-7-31-20-4-2-3-17-23(20)28(40)35(27(17)39)21-5-6-22(36)33-26(21)38/h2-4,11-12,15,21,31H,5-10,13-14,30H2,1H3,(H,32,37)(H,33,36,38). The van der Waals surface area contributed by atoms with E-state index in [4.69, 9.17) is 15.2 Å². The van der Waals surface area contributed by atoms with Gasteiger partial charge in [-0.15, -0.1) is 0 Å². The van der Waals surface area contributed by atoms with Gasteiger partial charge in [0.1, 0.15) is 11.8 Å². The van der Waals surface area contributed by atoms with Crippen LogP contribution in [0.2, 0.25) is 0 Å². The molecule has 0 bridgehead atoms. The molecule has 2 aromatic carbocycles. The van der Waals surface area contributed by atoms with Crippen LogP contribution in [0.3, 0.4) is 0 Å². The fourth-order valence-corrected chi connectivity index (χ4v) is 5.23. The number of hydrogen-bond acceptors (Lipinski definition) is 10. The van der Waals surface area contributed by atoms with Gasteiger partial charge in [0.05, 0.1) is 48.7 Å². The summed E-state index contributed by atoms with van der Waals surface area (Å²) in [7, 11) is 1.41. The lowest BCUT2D eigenvalue weighted by molar-refractivity contribution is -0.136. The molecule has 0 saturated carbocycles. The maximum atomic E-state index is 14.3. The van der Waals surface area contributed by atoms with E-state index >= 15 is 0 Å². The third-order valence-corrected chi connectivity index (χ3v) is 7.43. The summed E-state index contributed by atoms with van der Waals surface area (Å²) in [6.07, 6.45) is 0.144. The number of carbonyl (C=O) groups is 5. The zero-order valence-electron chi connectivity index (χ0n) is 22.9. The van der Waals surface area contributed by atoms with Gasteiger partial charge in [0.2, 0.25) is 11.8 Å². The molecule has 1 atom stereocenters. The predicted octanol–water partition coefficient (Wildman–Crippen LogP) is 0.360. The lowest BCUT2D eigenvalue weighted by Crippen LogP contribution is -2.59. The summed E-state index contributed by atoms with van der Waals surface area (Å²) in [5.41, 5.74) is 6.14. The van der Waals surface area contributed by atoms with Gasteiger partial charge in [-0.1, -0.05) is 6.07 Å². The third-order valence-electron chi connectivity index (χ3n) is 7.43. The molecule has 2 fully saturated rings. The molecule has 42 heavy (non-hydrogen) atoms. The number of rotatable bonds is 11. The SMILES string of the molecule is COc1cc(N)c(F)c(C(=O)NC2CN(CCOCCNc3cccc4c3C(=O)N(C3CCC(=O)NC3=O)C4=O)C2)c1. The average Bonchev–Trinajstić information content (AvgIpc) is 3.20. The molecule has 5 N–H and O–H groups in total. The monoisotopic (exact) mass is 582 g/mol. The van der Waals surface area contributed by atoms with Crippen LogP contribution in [0.4, 0.5) is 15.8 Å². The van der Waals surface area contributed by atoms with Crippen LogP contribution in [0.5, 0.6) is 5.75 Å². The number of benzene rings is 2. The van der Waals surface area contributed by atoms with Crippen LogP contribution in [-0.2, 0) is 14.3 Å². The zero-order chi connectivity index (χ0) is 30.0. The fourth-order valence-electron chi connectivity index (χ4n) is 5.23. The summed E-state index contributed by atoms with van der Waals surface area (Å²) < 4.78 is 25.0. The van der Waals surface area contributed by atoms with Gasteiger partial charge in [0, 0.05) is 44.4 Å². The van der Waals surface area contributed by atoms with E-state index in [9.17, 15) is 28.4 Å². The van der Waals surface area contributed by atoms with Gasteiger partial charge in [0.25, 0.3) is 17.7 Å². The molecule has 3 aliphatic heterocycles. The Morgan fingerprint density at radius 1 is 1.14 bits per heavy atom. The van der Waals surface area contributed by atoms with E-state index in [0.717, 1.165) is 4.90 Å². The summed E-state index contributed by atoms with van der Waals surface area (Å²) in [5.74, 6) is -3.27. The van der Waals surface area contributed by atoms with Gasteiger partial charge in [-0.25, -0.2) is 4.39 Å². The normalized spacial score (nSPS) is 18.9. The van der Waals surface area contributed by atoms with Gasteiger partial charge < -0.3 is 25.8 Å². The third kappa shape index (κ3) is 5.76. The molecule has 2 aromatic rings. The number of nitrogens with one attached hydrogen (secondary N) is 3. The first-order valence-electron chi connectivity index (χ1n) is 13.5. The highest BCUT2D eigenvalue weighted by Crippen LogP contribution is 2.32. The summed E-state index contributed by atoms with van der Waals surface area (Å²) in [6.45, 7) is 2.92. The Bertz CT molecular complexity index is 1440. The molecule has 0 aromatic heterocycles. The number of piperidine rings is 1. The lowest BCUT2D eigenvalue weighted by Gasteiger charge is -2.39. The second-order valence-corrected chi connectivity index (χ2v) is 10.2. The van der Waals surface area contributed by atoms with Gasteiger partial charge in [-0.3, -0.25) is 39.1 Å². The molecule has 3 heterocycles. The molecular weight excluding hydrogens is 551 g/mol. The van der Waals surface area contributed by atoms with Crippen LogP contribution in [0.15, 0.2) is 30.3 Å². The average molecular weight is 583 g/mol. The molecule has 2 saturated heterocycles. The number of amides is 5. The zero-order valence-corrected chi connectivity index (χ0v) is 22.9. The fraction of sp³-hybridized carbons (Fsp3) is 0.393. The quantitative estimate of drug-likeness (QED) is 0.165. The topological polar surface area (TPSA) is 172 Å². The molecule has 14 heteroatoms. The minimum Gasteiger partial charge on any atom is -0.497 e. The van der Waals surface area contributed by atoms with Crippen LogP contribution in [0.25, 0.3) is 0 Å². The Morgan fingerprint density at radius 3 is 2.67 bits per heavy atom. The highest BCUT2D eigenvalue weighted by Gasteiger charge is 2.45. The predicted molar refractivity (Wildman–Crippen MR) is 147 cm³/mol. The van der Waals surface area contributed by atoms with E-state index in [-0.39, 0.29) is 41.3 Å². The second kappa shape index (κ2) is 12.1. The highest BCUT2D eigenvalue weighted by molar-refractivity contribution is 6.25. The van der Waals surface area contributed by atoms with E-state index in [1.807, 2.05) is 0 Å². The summed E-state index contributed by atoms with van der Waals surface area (Å²) in [5, 5.41) is 8.10. The van der Waals surface area contributed by atoms with E-state index in [1.165, 1.54) is 25.3 Å². The Morgan fingerprint density at radius 2 is 1.93 bits per heavy atom. The van der Waals surface area contributed by atoms with Gasteiger partial charge >= 0.3 is 0 Å². The minimum absolute atomic E-state index is 0.0534. The molecule has 222 valence electrons. The largest absolute Gasteiger partial charge is 0.497 e. The van der Waals surface area contributed by atoms with Crippen molar-refractivity contribution in [2.24, 2.45) is 0 Å². The van der Waals surface area contributed by atoms with Crippen LogP contribution < -0.4 is 26.4 Å². The number of fused-ring (bicyclic) bond motifs is 1. The molecule has 0 spiro atoms. The summed E-state index contributed by atoms with van der Waals surface area (Å²) in [6, 6.07) is 6.33. The van der Waals surface area contributed by atoms with Crippen molar-refractivity contribution in [2.75, 3.05) is 57.6 Å². The number of anilines is 2. The summed E-state index contributed by atoms with van der Waals surface area (Å²) in [4.78, 5) is 65.3. The van der Waals surface area contributed by atoms with Crippen molar-refractivity contribution in [3.05, 3.63) is 52.8 Å². The van der Waals surface area contributed by atoms with Crippen molar-refractivity contribution in [1.82, 2.24) is 20.4 Å². The number of ether oxygens (including phenoxy) is 2. The van der Waals surface area contributed by atoms with Crippen molar-refractivity contribution >= 4 is 40.9 Å². The molecule has 5 amide bonds. The van der Waals surface area contributed by atoms with Crippen LogP contribution in [0.1, 0.15) is 43.9 Å². The van der Waals surface area contributed by atoms with Crippen molar-refractivity contribution in [3.8, 4) is 5.75 Å². The first-order valence-corrected chi connectivity index (χ1v) is 13.5. The Balaban J connectivity index is 1.03. The first kappa shape index (κ1) is 29.0. The van der Waals surface area contributed by atoms with Gasteiger partial charge in [0.15, 0.2) is 5.82 Å². The van der Waals surface area contributed by atoms with E-state index in [1.54, 1.807) is 12.1 Å². The molecule has 0 radical (unpaired) electrons. The highest BCUT2D eigenvalue weighted by atomic mass is 19.1. The number of nitrogens with two attached hydrogens (primary N) is 1. The molecule has 0 aliphatic carbocycles. The Kier molecular flexibility index (Phi) is 8.36. The van der Waals surface area contributed by atoms with E-state index in [2.05, 4.69) is 20.9 Å². The lowest BCUT2D eigenvalue weighted by atomic mass is 10.0. The van der Waals surface area contributed by atoms with Crippen LogP contribution in [0, 0.1) is 5.82 Å². The number of halogens is 1. The minimum atomic E-state index is -1.03. The number of likely N-dealkylation sites (tertiary alicyclic amines) is 1. The van der Waals surface area contributed by atoms with E-state index in [0.29, 0.717) is 50.8 Å². The smallest absolute Gasteiger partial charge is 0.264 e. The Hall–Kier alpha value is -4.56. The number of carbonyl (C=O) groups excluding carboxylic acids is 5. The number of imide groups is 2.